The molecule has 42 heavy (non-hydrogen) atoms. The van der Waals surface area contributed by atoms with Crippen LogP contribution in [0.15, 0.2) is 36.4 Å². The average molecular weight is 587 g/mol. The molecule has 220 valence electrons. The van der Waals surface area contributed by atoms with Gasteiger partial charge in [0.25, 0.3) is 0 Å². The Morgan fingerprint density at radius 2 is 1.93 bits per heavy atom. The molecule has 9 nitrogen and oxygen atoms in total. The summed E-state index contributed by atoms with van der Waals surface area (Å²) in [5.74, 6) is 0.984. The van der Waals surface area contributed by atoms with Gasteiger partial charge in [0.1, 0.15) is 12.4 Å². The van der Waals surface area contributed by atoms with Gasteiger partial charge in [-0.2, -0.15) is 15.2 Å². The van der Waals surface area contributed by atoms with E-state index in [-0.39, 0.29) is 6.04 Å². The molecule has 2 aromatic carbocycles. The number of anilines is 2. The van der Waals surface area contributed by atoms with Gasteiger partial charge < -0.3 is 24.8 Å². The lowest BCUT2D eigenvalue weighted by Crippen LogP contribution is -2.54. The molecule has 3 atom stereocenters. The second-order valence-corrected chi connectivity index (χ2v) is 12.6. The molecule has 1 N–H and O–H groups in total. The van der Waals surface area contributed by atoms with Crippen molar-refractivity contribution in [1.29, 1.82) is 5.26 Å². The number of hydrogen-bond donors (Lipinski definition) is 1. The van der Waals surface area contributed by atoms with E-state index < -0.39 is 0 Å². The zero-order valence-electron chi connectivity index (χ0n) is 24.3. The van der Waals surface area contributed by atoms with Crippen LogP contribution in [0.2, 0.25) is 5.02 Å². The van der Waals surface area contributed by atoms with E-state index in [1.807, 2.05) is 12.1 Å². The summed E-state index contributed by atoms with van der Waals surface area (Å²) in [4.78, 5) is 19.7. The van der Waals surface area contributed by atoms with Crippen molar-refractivity contribution in [2.24, 2.45) is 0 Å². The summed E-state index contributed by atoms with van der Waals surface area (Å²) in [7, 11) is 2.17. The minimum absolute atomic E-state index is 0.186. The van der Waals surface area contributed by atoms with Crippen molar-refractivity contribution in [2.75, 3.05) is 69.3 Å². The Bertz CT molecular complexity index is 1480. The van der Waals surface area contributed by atoms with Crippen molar-refractivity contribution >= 4 is 33.9 Å². The lowest BCUT2D eigenvalue weighted by atomic mass is 10.0. The van der Waals surface area contributed by atoms with Crippen molar-refractivity contribution in [3.8, 4) is 12.1 Å². The van der Waals surface area contributed by atoms with Gasteiger partial charge in [0, 0.05) is 74.0 Å². The molecule has 0 spiro atoms. The van der Waals surface area contributed by atoms with Crippen molar-refractivity contribution in [3.05, 3.63) is 52.7 Å². The first-order chi connectivity index (χ1) is 20.6. The predicted molar refractivity (Wildman–Crippen MR) is 166 cm³/mol. The SMILES string of the molecule is CN1CCC[C@H]1COc1nc2c(c(N3CCN(C[C@@H]4CN4)[C@@H](CC#N)C3)n1)CCN(c1cccc3cccc(Cl)c13)C2. The van der Waals surface area contributed by atoms with Gasteiger partial charge in [0.05, 0.1) is 29.8 Å². The fraction of sp³-hybridized carbons (Fsp3) is 0.531. The van der Waals surface area contributed by atoms with Crippen molar-refractivity contribution in [1.82, 2.24) is 25.1 Å². The third-order valence-corrected chi connectivity index (χ3v) is 9.77. The van der Waals surface area contributed by atoms with Crippen LogP contribution in [0.5, 0.6) is 6.01 Å². The quantitative estimate of drug-likeness (QED) is 0.397. The highest BCUT2D eigenvalue weighted by atomic mass is 35.5. The van der Waals surface area contributed by atoms with Gasteiger partial charge in [0.15, 0.2) is 0 Å². The number of nitriles is 1. The standard InChI is InChI=1S/C32H39ClN8O/c1-38-13-4-7-25(38)21-42-32-36-28-20-40(29-9-3-6-22-5-2-8-27(33)30(22)29)14-11-26(28)31(37-32)41-16-15-39(18-23-17-35-23)24(19-41)10-12-34/h2-3,5-6,8-9,23-25,35H,4,7,10-11,13-21H2,1H3/t23-,24-,25-/m0/s1. The number of hydrogen-bond acceptors (Lipinski definition) is 9. The summed E-state index contributed by atoms with van der Waals surface area (Å²) in [6.07, 6.45) is 3.69. The molecule has 3 saturated heterocycles. The molecule has 4 aliphatic rings. The Morgan fingerprint density at radius 1 is 1.07 bits per heavy atom. The van der Waals surface area contributed by atoms with Crippen LogP contribution in [-0.2, 0) is 13.0 Å². The highest BCUT2D eigenvalue weighted by Crippen LogP contribution is 2.37. The first-order valence-corrected chi connectivity index (χ1v) is 15.7. The van der Waals surface area contributed by atoms with Gasteiger partial charge in [-0.1, -0.05) is 35.9 Å². The molecule has 10 heteroatoms. The Morgan fingerprint density at radius 3 is 2.71 bits per heavy atom. The zero-order chi connectivity index (χ0) is 28.6. The van der Waals surface area contributed by atoms with E-state index in [0.717, 1.165) is 91.6 Å². The van der Waals surface area contributed by atoms with Crippen LogP contribution < -0.4 is 19.9 Å². The lowest BCUT2D eigenvalue weighted by Gasteiger charge is -2.42. The summed E-state index contributed by atoms with van der Waals surface area (Å²) >= 11 is 6.72. The van der Waals surface area contributed by atoms with Gasteiger partial charge in [-0.05, 0) is 50.4 Å². The number of nitrogens with zero attached hydrogens (tertiary/aromatic N) is 7. The van der Waals surface area contributed by atoms with E-state index in [9.17, 15) is 5.26 Å². The Hall–Kier alpha value is -3.16. The number of ether oxygens (including phenoxy) is 1. The minimum Gasteiger partial charge on any atom is -0.462 e. The number of fused-ring (bicyclic) bond motifs is 2. The number of piperazine rings is 1. The Kier molecular flexibility index (Phi) is 7.80. The molecule has 4 aliphatic heterocycles. The molecule has 0 amide bonds. The van der Waals surface area contributed by atoms with Crippen LogP contribution in [0.4, 0.5) is 11.5 Å². The number of nitrogens with one attached hydrogen (secondary N) is 1. The van der Waals surface area contributed by atoms with Crippen LogP contribution in [0.25, 0.3) is 10.8 Å². The van der Waals surface area contributed by atoms with Crippen LogP contribution >= 0.6 is 11.6 Å². The summed E-state index contributed by atoms with van der Waals surface area (Å²) in [5.41, 5.74) is 3.36. The Labute approximate surface area is 253 Å². The van der Waals surface area contributed by atoms with Gasteiger partial charge in [-0.25, -0.2) is 0 Å². The third-order valence-electron chi connectivity index (χ3n) is 9.45. The summed E-state index contributed by atoms with van der Waals surface area (Å²) in [6, 6.07) is 16.5. The van der Waals surface area contributed by atoms with E-state index in [1.165, 1.54) is 12.0 Å². The molecular formula is C32H39ClN8O. The van der Waals surface area contributed by atoms with Gasteiger partial charge in [0.2, 0.25) is 0 Å². The number of likely N-dealkylation sites (tertiary alicyclic amines) is 1. The molecule has 3 aromatic rings. The lowest BCUT2D eigenvalue weighted by molar-refractivity contribution is 0.177. The normalized spacial score (nSPS) is 24.5. The number of likely N-dealkylation sites (N-methyl/N-ethyl adjacent to an activating group) is 1. The maximum atomic E-state index is 9.63. The summed E-state index contributed by atoms with van der Waals surface area (Å²) < 4.78 is 6.34. The topological polar surface area (TPSA) is 93.7 Å². The van der Waals surface area contributed by atoms with E-state index in [4.69, 9.17) is 26.3 Å². The molecule has 0 bridgehead atoms. The molecule has 3 fully saturated rings. The highest BCUT2D eigenvalue weighted by molar-refractivity contribution is 6.36. The van der Waals surface area contributed by atoms with Crippen LogP contribution in [0.1, 0.15) is 30.5 Å². The zero-order valence-corrected chi connectivity index (χ0v) is 25.1. The summed E-state index contributed by atoms with van der Waals surface area (Å²) in [6.45, 7) is 7.90. The molecule has 1 aromatic heterocycles. The number of aromatic nitrogens is 2. The fourth-order valence-corrected chi connectivity index (χ4v) is 7.22. The highest BCUT2D eigenvalue weighted by Gasteiger charge is 2.35. The number of halogens is 1. The van der Waals surface area contributed by atoms with Gasteiger partial charge >= 0.3 is 6.01 Å². The molecule has 0 aliphatic carbocycles. The van der Waals surface area contributed by atoms with Crippen molar-refractivity contribution < 1.29 is 4.74 Å². The fourth-order valence-electron chi connectivity index (χ4n) is 6.94. The largest absolute Gasteiger partial charge is 0.462 e. The molecule has 0 radical (unpaired) electrons. The van der Waals surface area contributed by atoms with Crippen LogP contribution in [-0.4, -0.2) is 97.4 Å². The first kappa shape index (κ1) is 27.7. The smallest absolute Gasteiger partial charge is 0.318 e. The molecule has 0 saturated carbocycles. The van der Waals surface area contributed by atoms with E-state index in [0.29, 0.717) is 37.7 Å². The second-order valence-electron chi connectivity index (χ2n) is 12.2. The monoisotopic (exact) mass is 586 g/mol. The summed E-state index contributed by atoms with van der Waals surface area (Å²) in [5, 5.41) is 16.0. The molecule has 5 heterocycles. The van der Waals surface area contributed by atoms with Gasteiger partial charge in [-0.3, -0.25) is 4.90 Å². The minimum atomic E-state index is 0.186. The maximum Gasteiger partial charge on any atom is 0.318 e. The molecular weight excluding hydrogens is 548 g/mol. The number of benzene rings is 2. The van der Waals surface area contributed by atoms with E-state index in [2.05, 4.69) is 62.3 Å². The molecule has 0 unspecified atom stereocenters. The average Bonchev–Trinajstić information content (AvgIpc) is 3.73. The molecule has 7 rings (SSSR count). The first-order valence-electron chi connectivity index (χ1n) is 15.3. The van der Waals surface area contributed by atoms with Crippen LogP contribution in [0, 0.1) is 11.3 Å². The van der Waals surface area contributed by atoms with E-state index in [1.54, 1.807) is 0 Å². The predicted octanol–water partition coefficient (Wildman–Crippen LogP) is 3.69. The second kappa shape index (κ2) is 11.8. The van der Waals surface area contributed by atoms with E-state index >= 15 is 0 Å². The Balaban J connectivity index is 1.20. The maximum absolute atomic E-state index is 9.63. The van der Waals surface area contributed by atoms with Crippen molar-refractivity contribution in [3.63, 3.8) is 0 Å². The third kappa shape index (κ3) is 5.61. The number of rotatable bonds is 8. The van der Waals surface area contributed by atoms with Crippen molar-refractivity contribution in [2.45, 2.75) is 50.4 Å². The van der Waals surface area contributed by atoms with Gasteiger partial charge in [-0.15, -0.1) is 0 Å². The van der Waals surface area contributed by atoms with Crippen LogP contribution in [0.3, 0.4) is 0 Å².